The third kappa shape index (κ3) is 3.47. The number of rotatable bonds is 6. The number of fused-ring (bicyclic) bond motifs is 2. The number of H-pyrrole nitrogens is 1. The highest BCUT2D eigenvalue weighted by Crippen LogP contribution is 2.45. The highest BCUT2D eigenvalue weighted by molar-refractivity contribution is 5.89. The van der Waals surface area contributed by atoms with Crippen LogP contribution in [0.2, 0.25) is 0 Å². The molecular formula is C25H33N5O. The molecule has 1 unspecified atom stereocenters. The smallest absolute Gasteiger partial charge is 0.224 e. The molecule has 0 spiro atoms. The number of likely N-dealkylation sites (tertiary alicyclic amines) is 1. The summed E-state index contributed by atoms with van der Waals surface area (Å²) >= 11 is 0. The van der Waals surface area contributed by atoms with E-state index in [9.17, 15) is 4.79 Å². The molecule has 1 amide bonds. The molecule has 6 heteroatoms. The van der Waals surface area contributed by atoms with E-state index in [0.29, 0.717) is 12.0 Å². The Morgan fingerprint density at radius 1 is 1.35 bits per heavy atom. The third-order valence-corrected chi connectivity index (χ3v) is 7.42. The van der Waals surface area contributed by atoms with Crippen molar-refractivity contribution in [1.82, 2.24) is 24.8 Å². The number of aromatic amines is 1. The molecule has 2 aromatic heterocycles. The summed E-state index contributed by atoms with van der Waals surface area (Å²) < 4.78 is 2.37. The molecular weight excluding hydrogens is 386 g/mol. The lowest BCUT2D eigenvalue weighted by molar-refractivity contribution is -0.128. The summed E-state index contributed by atoms with van der Waals surface area (Å²) in [6.07, 6.45) is 9.77. The molecule has 164 valence electrons. The Balaban J connectivity index is 1.41. The molecule has 5 rings (SSSR count). The second-order valence-electron chi connectivity index (χ2n) is 9.29. The zero-order chi connectivity index (χ0) is 21.5. The number of amides is 1. The van der Waals surface area contributed by atoms with E-state index < -0.39 is 0 Å². The minimum absolute atomic E-state index is 0.00130. The summed E-state index contributed by atoms with van der Waals surface area (Å²) in [7, 11) is 2.19. The van der Waals surface area contributed by atoms with E-state index >= 15 is 0 Å². The van der Waals surface area contributed by atoms with Crippen molar-refractivity contribution in [2.75, 3.05) is 13.6 Å². The van der Waals surface area contributed by atoms with E-state index in [-0.39, 0.29) is 17.9 Å². The minimum Gasteiger partial charge on any atom is -0.347 e. The first-order chi connectivity index (χ1) is 15.1. The fraction of sp³-hybridized carbons (Fsp3) is 0.520. The van der Waals surface area contributed by atoms with Gasteiger partial charge in [0.05, 0.1) is 30.2 Å². The number of likely N-dealkylation sites (N-methyl/N-ethyl adjacent to an activating group) is 1. The van der Waals surface area contributed by atoms with Crippen LogP contribution in [-0.4, -0.2) is 45.0 Å². The lowest BCUT2D eigenvalue weighted by atomic mass is 9.72. The van der Waals surface area contributed by atoms with E-state index in [2.05, 4.69) is 70.0 Å². The number of carbonyl (C=O) groups excluding carboxylic acids is 1. The van der Waals surface area contributed by atoms with Crippen molar-refractivity contribution in [1.29, 1.82) is 0 Å². The van der Waals surface area contributed by atoms with Crippen LogP contribution in [0.5, 0.6) is 0 Å². The van der Waals surface area contributed by atoms with Crippen molar-refractivity contribution >= 4 is 16.8 Å². The molecule has 0 radical (unpaired) electrons. The van der Waals surface area contributed by atoms with Crippen LogP contribution in [-0.2, 0) is 17.8 Å². The highest BCUT2D eigenvalue weighted by Gasteiger charge is 2.42. The van der Waals surface area contributed by atoms with Crippen LogP contribution in [0, 0.1) is 5.92 Å². The van der Waals surface area contributed by atoms with Gasteiger partial charge >= 0.3 is 0 Å². The van der Waals surface area contributed by atoms with Crippen molar-refractivity contribution in [3.63, 3.8) is 0 Å². The number of nitrogens with zero attached hydrogens (tertiary/aromatic N) is 3. The first kappa shape index (κ1) is 20.3. The molecule has 1 aliphatic heterocycles. The van der Waals surface area contributed by atoms with E-state index in [4.69, 9.17) is 0 Å². The molecule has 3 heterocycles. The second-order valence-corrected chi connectivity index (χ2v) is 9.29. The van der Waals surface area contributed by atoms with Gasteiger partial charge in [0.2, 0.25) is 5.91 Å². The minimum atomic E-state index is -0.00130. The summed E-state index contributed by atoms with van der Waals surface area (Å²) in [5.41, 5.74) is 5.22. The zero-order valence-corrected chi connectivity index (χ0v) is 18.8. The molecule has 1 aliphatic carbocycles. The lowest BCUT2D eigenvalue weighted by Gasteiger charge is -2.45. The topological polar surface area (TPSA) is 66.0 Å². The maximum absolute atomic E-state index is 13.4. The van der Waals surface area contributed by atoms with Crippen molar-refractivity contribution < 1.29 is 4.79 Å². The van der Waals surface area contributed by atoms with Crippen LogP contribution in [0.25, 0.3) is 10.9 Å². The van der Waals surface area contributed by atoms with Gasteiger partial charge in [0.25, 0.3) is 0 Å². The summed E-state index contributed by atoms with van der Waals surface area (Å²) in [6, 6.07) is 7.19. The molecule has 1 saturated heterocycles. The van der Waals surface area contributed by atoms with Gasteiger partial charge < -0.3 is 19.8 Å². The van der Waals surface area contributed by atoms with Crippen molar-refractivity contribution in [3.8, 4) is 0 Å². The Kier molecular flexibility index (Phi) is 5.34. The Morgan fingerprint density at radius 2 is 2.23 bits per heavy atom. The Morgan fingerprint density at radius 3 is 2.97 bits per heavy atom. The van der Waals surface area contributed by atoms with Crippen LogP contribution in [0.15, 0.2) is 36.9 Å². The predicted octanol–water partition coefficient (Wildman–Crippen LogP) is 4.00. The molecule has 0 bridgehead atoms. The maximum Gasteiger partial charge on any atom is 0.224 e. The number of hydrogen-bond acceptors (Lipinski definition) is 3. The fourth-order valence-electron chi connectivity index (χ4n) is 5.91. The van der Waals surface area contributed by atoms with Crippen LogP contribution < -0.4 is 5.32 Å². The number of nitrogens with one attached hydrogen (secondary N) is 2. The van der Waals surface area contributed by atoms with Gasteiger partial charge in [-0.1, -0.05) is 25.5 Å². The monoisotopic (exact) mass is 419 g/mol. The number of carbonyl (C=O) groups is 1. The lowest BCUT2D eigenvalue weighted by Crippen LogP contribution is -2.51. The van der Waals surface area contributed by atoms with Gasteiger partial charge in [-0.25, -0.2) is 4.98 Å². The number of benzene rings is 1. The van der Waals surface area contributed by atoms with Gasteiger partial charge in [-0.15, -0.1) is 0 Å². The second kappa shape index (κ2) is 8.15. The third-order valence-electron chi connectivity index (χ3n) is 7.42. The van der Waals surface area contributed by atoms with Gasteiger partial charge in [0.1, 0.15) is 0 Å². The number of imidazole rings is 1. The van der Waals surface area contributed by atoms with Crippen molar-refractivity contribution in [3.05, 3.63) is 53.7 Å². The van der Waals surface area contributed by atoms with Crippen LogP contribution in [0.4, 0.5) is 0 Å². The highest BCUT2D eigenvalue weighted by atomic mass is 16.2. The number of hydrogen-bond donors (Lipinski definition) is 2. The van der Waals surface area contributed by atoms with Gasteiger partial charge in [-0.05, 0) is 50.4 Å². The molecule has 0 saturated carbocycles. The van der Waals surface area contributed by atoms with E-state index in [1.54, 1.807) is 6.33 Å². The van der Waals surface area contributed by atoms with Crippen LogP contribution in [0.1, 0.15) is 61.9 Å². The first-order valence-electron chi connectivity index (χ1n) is 11.7. The molecule has 1 fully saturated rings. The normalized spacial score (nSPS) is 24.2. The van der Waals surface area contributed by atoms with Crippen LogP contribution >= 0.6 is 0 Å². The summed E-state index contributed by atoms with van der Waals surface area (Å²) in [5, 5.41) is 4.75. The maximum atomic E-state index is 13.4. The molecule has 2 N–H and O–H groups in total. The molecule has 6 nitrogen and oxygen atoms in total. The summed E-state index contributed by atoms with van der Waals surface area (Å²) in [4.78, 5) is 23.1. The van der Waals surface area contributed by atoms with Gasteiger partial charge in [0, 0.05) is 42.1 Å². The molecule has 31 heavy (non-hydrogen) atoms. The Bertz CT molecular complexity index is 1070. The van der Waals surface area contributed by atoms with Gasteiger partial charge in [-0.3, -0.25) is 4.79 Å². The molecule has 4 atom stereocenters. The number of aryl methyl sites for hydroxylation is 1. The van der Waals surface area contributed by atoms with Crippen LogP contribution in [0.3, 0.4) is 0 Å². The molecule has 2 aliphatic rings. The fourth-order valence-corrected chi connectivity index (χ4v) is 5.91. The number of piperidine rings is 1. The summed E-state index contributed by atoms with van der Waals surface area (Å²) in [6.45, 7) is 6.16. The van der Waals surface area contributed by atoms with E-state index in [0.717, 1.165) is 44.5 Å². The molecule has 3 aromatic rings. The average Bonchev–Trinajstić information content (AvgIpc) is 3.43. The largest absolute Gasteiger partial charge is 0.347 e. The SMILES string of the molecule is CCCC(NC(=O)[C@@H]1C[C@@H]2c3cccc4c3c(cn4CC)C[C@H]2N(C)C1)c1cnc[nH]1. The van der Waals surface area contributed by atoms with Gasteiger partial charge in [-0.2, -0.15) is 0 Å². The van der Waals surface area contributed by atoms with E-state index in [1.807, 2.05) is 6.20 Å². The quantitative estimate of drug-likeness (QED) is 0.635. The standard InChI is InChI=1S/C25H33N5O/c1-4-7-20(21-12-26-15-27-21)28-25(31)17-10-19-18-8-6-9-22-24(18)16(14-30(22)5-2)11-23(19)29(3)13-17/h6,8-9,12,14-15,17,19-20,23H,4-5,7,10-11,13H2,1-3H3,(H,26,27)(H,28,31)/t17-,19-,20?,23-/m1/s1. The Labute approximate surface area is 184 Å². The van der Waals surface area contributed by atoms with Crippen molar-refractivity contribution in [2.45, 2.75) is 64.1 Å². The molecule has 1 aromatic carbocycles. The van der Waals surface area contributed by atoms with E-state index in [1.165, 1.54) is 22.0 Å². The van der Waals surface area contributed by atoms with Gasteiger partial charge in [0.15, 0.2) is 0 Å². The predicted molar refractivity (Wildman–Crippen MR) is 123 cm³/mol. The summed E-state index contributed by atoms with van der Waals surface area (Å²) in [5.74, 6) is 0.566. The van der Waals surface area contributed by atoms with Crippen molar-refractivity contribution in [2.24, 2.45) is 5.92 Å². The average molecular weight is 420 g/mol. The number of aromatic nitrogens is 3. The zero-order valence-electron chi connectivity index (χ0n) is 18.8. The Hall–Kier alpha value is -2.60. The first-order valence-corrected chi connectivity index (χ1v) is 11.7.